The Balaban J connectivity index is 1.67. The van der Waals surface area contributed by atoms with Crippen molar-refractivity contribution in [1.82, 2.24) is 4.98 Å². The number of ether oxygens (including phenoxy) is 2. The molecule has 0 spiro atoms. The van der Waals surface area contributed by atoms with Crippen LogP contribution in [0.15, 0.2) is 54.7 Å². The van der Waals surface area contributed by atoms with Crippen molar-refractivity contribution >= 4 is 34.1 Å². The van der Waals surface area contributed by atoms with Crippen molar-refractivity contribution in [3.8, 4) is 11.5 Å². The molecule has 1 aromatic heterocycles. The van der Waals surface area contributed by atoms with E-state index in [1.165, 1.54) is 0 Å². The first-order valence-corrected chi connectivity index (χ1v) is 7.65. The fourth-order valence-corrected chi connectivity index (χ4v) is 2.46. The smallest absolute Gasteiger partial charge is 0.262 e. The van der Waals surface area contributed by atoms with E-state index < -0.39 is 0 Å². The zero-order valence-electron chi connectivity index (χ0n) is 13.0. The minimum atomic E-state index is -0.265. The Hall–Kier alpha value is -2.79. The van der Waals surface area contributed by atoms with Crippen molar-refractivity contribution in [1.29, 1.82) is 0 Å². The quantitative estimate of drug-likeness (QED) is 0.763. The van der Waals surface area contributed by atoms with Crippen molar-refractivity contribution in [3.05, 3.63) is 59.8 Å². The van der Waals surface area contributed by atoms with Crippen molar-refractivity contribution in [2.24, 2.45) is 0 Å². The van der Waals surface area contributed by atoms with Crippen molar-refractivity contribution in [2.45, 2.75) is 0 Å². The molecule has 0 fully saturated rings. The highest BCUT2D eigenvalue weighted by atomic mass is 35.5. The summed E-state index contributed by atoms with van der Waals surface area (Å²) < 4.78 is 10.7. The maximum absolute atomic E-state index is 12.0. The number of aromatic nitrogens is 1. The van der Waals surface area contributed by atoms with Crippen LogP contribution in [0.4, 0.5) is 5.69 Å². The van der Waals surface area contributed by atoms with Gasteiger partial charge in [0.15, 0.2) is 6.61 Å². The lowest BCUT2D eigenvalue weighted by Gasteiger charge is -2.10. The summed E-state index contributed by atoms with van der Waals surface area (Å²) in [6.07, 6.45) is 1.66. The van der Waals surface area contributed by atoms with E-state index in [-0.39, 0.29) is 12.5 Å². The third kappa shape index (κ3) is 3.58. The number of hydrogen-bond acceptors (Lipinski definition) is 4. The Bertz CT molecular complexity index is 866. The van der Waals surface area contributed by atoms with Crippen molar-refractivity contribution in [2.75, 3.05) is 19.0 Å². The van der Waals surface area contributed by atoms with Crippen LogP contribution in [-0.4, -0.2) is 24.6 Å². The second-order valence-electron chi connectivity index (χ2n) is 5.01. The number of nitrogens with one attached hydrogen (secondary N) is 1. The number of carbonyl (C=O) groups excluding carboxylic acids is 1. The van der Waals surface area contributed by atoms with Gasteiger partial charge in [-0.25, -0.2) is 0 Å². The maximum Gasteiger partial charge on any atom is 0.262 e. The van der Waals surface area contributed by atoms with Crippen molar-refractivity contribution < 1.29 is 14.3 Å². The molecule has 0 aliphatic carbocycles. The molecule has 0 radical (unpaired) electrons. The molecule has 0 bridgehead atoms. The van der Waals surface area contributed by atoms with E-state index in [1.54, 1.807) is 55.8 Å². The van der Waals surface area contributed by atoms with Gasteiger partial charge in [-0.2, -0.15) is 0 Å². The molecule has 24 heavy (non-hydrogen) atoms. The third-order valence-electron chi connectivity index (χ3n) is 3.41. The first kappa shape index (κ1) is 16.1. The van der Waals surface area contributed by atoms with E-state index in [4.69, 9.17) is 21.1 Å². The number of amides is 1. The molecule has 1 amide bonds. The molecule has 6 heteroatoms. The number of halogens is 1. The van der Waals surface area contributed by atoms with Crippen LogP contribution in [-0.2, 0) is 4.79 Å². The first-order valence-electron chi connectivity index (χ1n) is 7.27. The summed E-state index contributed by atoms with van der Waals surface area (Å²) in [5.74, 6) is 0.974. The molecule has 0 unspecified atom stereocenters. The first-order chi connectivity index (χ1) is 11.7. The molecule has 0 aliphatic rings. The SMILES string of the molecule is COc1ccc(NC(=O)COc2ccc(Cl)c3cccnc23)cc1. The molecular formula is C18H15ClN2O3. The van der Waals surface area contributed by atoms with Gasteiger partial charge in [0.25, 0.3) is 5.91 Å². The second kappa shape index (κ2) is 7.19. The number of nitrogens with zero attached hydrogens (tertiary/aromatic N) is 1. The normalized spacial score (nSPS) is 10.4. The molecule has 1 N–H and O–H groups in total. The van der Waals surface area contributed by atoms with Gasteiger partial charge in [-0.15, -0.1) is 0 Å². The Labute approximate surface area is 144 Å². The molecule has 3 aromatic rings. The van der Waals surface area contributed by atoms with Gasteiger partial charge >= 0.3 is 0 Å². The van der Waals surface area contributed by atoms with Gasteiger partial charge in [0.1, 0.15) is 17.0 Å². The van der Waals surface area contributed by atoms with Crippen LogP contribution in [0.3, 0.4) is 0 Å². The van der Waals surface area contributed by atoms with Crippen LogP contribution in [0, 0.1) is 0 Å². The molecule has 2 aromatic carbocycles. The highest BCUT2D eigenvalue weighted by molar-refractivity contribution is 6.35. The van der Waals surface area contributed by atoms with Gasteiger partial charge in [-0.05, 0) is 48.5 Å². The van der Waals surface area contributed by atoms with Crippen LogP contribution in [0.5, 0.6) is 11.5 Å². The van der Waals surface area contributed by atoms with E-state index in [0.717, 1.165) is 11.1 Å². The fourth-order valence-electron chi connectivity index (χ4n) is 2.24. The predicted octanol–water partition coefficient (Wildman–Crippen LogP) is 3.91. The average molecular weight is 343 g/mol. The minimum absolute atomic E-state index is 0.126. The van der Waals surface area contributed by atoms with Crippen molar-refractivity contribution in [3.63, 3.8) is 0 Å². The number of benzene rings is 2. The molecule has 0 atom stereocenters. The highest BCUT2D eigenvalue weighted by Crippen LogP contribution is 2.29. The van der Waals surface area contributed by atoms with E-state index in [9.17, 15) is 4.79 Å². The largest absolute Gasteiger partial charge is 0.497 e. The standard InChI is InChI=1S/C18H15ClN2O3/c1-23-13-6-4-12(5-7-13)21-17(22)11-24-16-9-8-15(19)14-3-2-10-20-18(14)16/h2-10H,11H2,1H3,(H,21,22). The monoisotopic (exact) mass is 342 g/mol. The number of fused-ring (bicyclic) bond motifs is 1. The van der Waals surface area contributed by atoms with Crippen LogP contribution in [0.1, 0.15) is 0 Å². The molecule has 0 saturated heterocycles. The van der Waals surface area contributed by atoms with Gasteiger partial charge in [0.05, 0.1) is 12.1 Å². The summed E-state index contributed by atoms with van der Waals surface area (Å²) in [4.78, 5) is 16.3. The number of methoxy groups -OCH3 is 1. The molecule has 1 heterocycles. The third-order valence-corrected chi connectivity index (χ3v) is 3.74. The van der Waals surface area contributed by atoms with E-state index in [0.29, 0.717) is 22.0 Å². The zero-order valence-corrected chi connectivity index (χ0v) is 13.7. The molecular weight excluding hydrogens is 328 g/mol. The minimum Gasteiger partial charge on any atom is -0.497 e. The summed E-state index contributed by atoms with van der Waals surface area (Å²) >= 11 is 6.14. The van der Waals surface area contributed by atoms with Gasteiger partial charge in [-0.3, -0.25) is 9.78 Å². The molecule has 0 saturated carbocycles. The van der Waals surface area contributed by atoms with Crippen LogP contribution < -0.4 is 14.8 Å². The summed E-state index contributed by atoms with van der Waals surface area (Å²) in [7, 11) is 1.59. The number of carbonyl (C=O) groups is 1. The summed E-state index contributed by atoms with van der Waals surface area (Å²) in [5.41, 5.74) is 1.30. The van der Waals surface area contributed by atoms with Gasteiger partial charge in [-0.1, -0.05) is 11.6 Å². The second-order valence-corrected chi connectivity index (χ2v) is 5.42. The lowest BCUT2D eigenvalue weighted by atomic mass is 10.2. The fraction of sp³-hybridized carbons (Fsp3) is 0.111. The topological polar surface area (TPSA) is 60.5 Å². The zero-order chi connectivity index (χ0) is 16.9. The van der Waals surface area contributed by atoms with Gasteiger partial charge < -0.3 is 14.8 Å². The summed E-state index contributed by atoms with van der Waals surface area (Å²) in [6.45, 7) is -0.126. The lowest BCUT2D eigenvalue weighted by molar-refractivity contribution is -0.118. The number of anilines is 1. The Morgan fingerprint density at radius 1 is 1.17 bits per heavy atom. The Morgan fingerprint density at radius 2 is 1.96 bits per heavy atom. The number of pyridine rings is 1. The Kier molecular flexibility index (Phi) is 4.82. The number of hydrogen-bond donors (Lipinski definition) is 1. The summed E-state index contributed by atoms with van der Waals surface area (Å²) in [5, 5.41) is 4.13. The van der Waals surface area contributed by atoms with Gasteiger partial charge in [0, 0.05) is 17.3 Å². The number of rotatable bonds is 5. The van der Waals surface area contributed by atoms with Gasteiger partial charge in [0.2, 0.25) is 0 Å². The van der Waals surface area contributed by atoms with E-state index >= 15 is 0 Å². The highest BCUT2D eigenvalue weighted by Gasteiger charge is 2.09. The van der Waals surface area contributed by atoms with Crippen LogP contribution >= 0.6 is 11.6 Å². The average Bonchev–Trinajstić information content (AvgIpc) is 2.62. The lowest BCUT2D eigenvalue weighted by Crippen LogP contribution is -2.20. The molecule has 5 nitrogen and oxygen atoms in total. The molecule has 0 aliphatic heterocycles. The maximum atomic E-state index is 12.0. The predicted molar refractivity (Wildman–Crippen MR) is 93.9 cm³/mol. The summed E-state index contributed by atoms with van der Waals surface area (Å²) in [6, 6.07) is 14.1. The van der Waals surface area contributed by atoms with Crippen LogP contribution in [0.2, 0.25) is 5.02 Å². The van der Waals surface area contributed by atoms with Crippen LogP contribution in [0.25, 0.3) is 10.9 Å². The van der Waals surface area contributed by atoms with E-state index in [1.807, 2.05) is 6.07 Å². The molecule has 122 valence electrons. The molecule has 3 rings (SSSR count). The Morgan fingerprint density at radius 3 is 2.71 bits per heavy atom. The van der Waals surface area contributed by atoms with E-state index in [2.05, 4.69) is 10.3 Å².